The van der Waals surface area contributed by atoms with Crippen molar-refractivity contribution in [2.45, 2.75) is 38.5 Å². The number of nitrogens with one attached hydrogen (secondary N) is 1. The van der Waals surface area contributed by atoms with Gasteiger partial charge in [-0.1, -0.05) is 40.2 Å². The van der Waals surface area contributed by atoms with Crippen molar-refractivity contribution in [2.75, 3.05) is 13.7 Å². The van der Waals surface area contributed by atoms with E-state index in [0.717, 1.165) is 32.7 Å². The van der Waals surface area contributed by atoms with Crippen molar-refractivity contribution in [2.24, 2.45) is 0 Å². The van der Waals surface area contributed by atoms with Gasteiger partial charge in [0, 0.05) is 33.8 Å². The predicted octanol–water partition coefficient (Wildman–Crippen LogP) is 5.38. The number of ketones is 1. The number of carbonyl (C=O) groups is 2. The van der Waals surface area contributed by atoms with E-state index in [0.29, 0.717) is 24.0 Å². The maximum Gasteiger partial charge on any atom is 0.336 e. The molecule has 2 aromatic carbocycles. The third kappa shape index (κ3) is 4.24. The minimum Gasteiger partial charge on any atom is -0.497 e. The van der Waals surface area contributed by atoms with Crippen LogP contribution < -0.4 is 10.1 Å². The molecule has 0 aromatic heterocycles. The molecule has 6 heteroatoms. The number of dihydropyridines is 1. The van der Waals surface area contributed by atoms with E-state index in [1.165, 1.54) is 0 Å². The monoisotopic (exact) mass is 495 g/mol. The third-order valence-corrected chi connectivity index (χ3v) is 6.59. The van der Waals surface area contributed by atoms with Gasteiger partial charge in [0.15, 0.2) is 5.78 Å². The number of benzene rings is 2. The van der Waals surface area contributed by atoms with Crippen LogP contribution in [0.5, 0.6) is 5.75 Å². The fourth-order valence-electron chi connectivity index (χ4n) is 4.65. The van der Waals surface area contributed by atoms with Gasteiger partial charge in [-0.25, -0.2) is 4.79 Å². The standard InChI is InChI=1S/C26H26BrNO4/c1-4-32-26(30)23-15(2)28-21-13-18(16-8-10-20(31-3)11-9-16)14-22(29)25(21)24(23)17-6-5-7-19(27)12-17/h5-12,18,24,28H,4,13-14H2,1-3H3. The average Bonchev–Trinajstić information content (AvgIpc) is 2.78. The number of allylic oxidation sites excluding steroid dienone is 3. The second-order valence-electron chi connectivity index (χ2n) is 8.07. The molecule has 2 aliphatic rings. The first-order valence-corrected chi connectivity index (χ1v) is 11.5. The van der Waals surface area contributed by atoms with Crippen LogP contribution in [0.1, 0.15) is 49.7 Å². The van der Waals surface area contributed by atoms with Crippen LogP contribution in [-0.4, -0.2) is 25.5 Å². The zero-order valence-corrected chi connectivity index (χ0v) is 20.0. The van der Waals surface area contributed by atoms with Crippen molar-refractivity contribution >= 4 is 27.7 Å². The van der Waals surface area contributed by atoms with Crippen molar-refractivity contribution in [1.29, 1.82) is 0 Å². The molecule has 2 unspecified atom stereocenters. The Morgan fingerprint density at radius 2 is 1.88 bits per heavy atom. The number of methoxy groups -OCH3 is 1. The lowest BCUT2D eigenvalue weighted by Crippen LogP contribution is -2.36. The molecule has 0 fully saturated rings. The molecule has 0 saturated heterocycles. The van der Waals surface area contributed by atoms with Gasteiger partial charge in [0.25, 0.3) is 0 Å². The zero-order valence-electron chi connectivity index (χ0n) is 18.4. The Labute approximate surface area is 196 Å². The number of esters is 1. The highest BCUT2D eigenvalue weighted by atomic mass is 79.9. The van der Waals surface area contributed by atoms with E-state index in [1.54, 1.807) is 14.0 Å². The molecule has 1 heterocycles. The van der Waals surface area contributed by atoms with Gasteiger partial charge >= 0.3 is 5.97 Å². The van der Waals surface area contributed by atoms with E-state index in [-0.39, 0.29) is 24.3 Å². The van der Waals surface area contributed by atoms with Gasteiger partial charge in [0.2, 0.25) is 0 Å². The SMILES string of the molecule is CCOC(=O)C1=C(C)NC2=C(C(=O)CC(c3ccc(OC)cc3)C2)C1c1cccc(Br)c1. The third-order valence-electron chi connectivity index (χ3n) is 6.09. The summed E-state index contributed by atoms with van der Waals surface area (Å²) >= 11 is 3.53. The number of ether oxygens (including phenoxy) is 2. The summed E-state index contributed by atoms with van der Waals surface area (Å²) in [5.41, 5.74) is 4.78. The number of hydrogen-bond donors (Lipinski definition) is 1. The summed E-state index contributed by atoms with van der Waals surface area (Å²) in [5, 5.41) is 3.38. The molecule has 32 heavy (non-hydrogen) atoms. The first kappa shape index (κ1) is 22.3. The molecule has 5 nitrogen and oxygen atoms in total. The summed E-state index contributed by atoms with van der Waals surface area (Å²) < 4.78 is 11.5. The van der Waals surface area contributed by atoms with Gasteiger partial charge < -0.3 is 14.8 Å². The smallest absolute Gasteiger partial charge is 0.336 e. The number of rotatable bonds is 5. The second-order valence-corrected chi connectivity index (χ2v) is 8.98. The Morgan fingerprint density at radius 1 is 1.12 bits per heavy atom. The summed E-state index contributed by atoms with van der Waals surface area (Å²) in [5.74, 6) is 0.0731. The number of carbonyl (C=O) groups excluding carboxylic acids is 2. The molecule has 0 radical (unpaired) electrons. The van der Waals surface area contributed by atoms with Gasteiger partial charge in [0.05, 0.1) is 19.3 Å². The first-order valence-electron chi connectivity index (χ1n) is 10.7. The van der Waals surface area contributed by atoms with Crippen LogP contribution in [0, 0.1) is 0 Å². The minimum absolute atomic E-state index is 0.0545. The molecule has 4 rings (SSSR count). The lowest BCUT2D eigenvalue weighted by atomic mass is 9.72. The summed E-state index contributed by atoms with van der Waals surface area (Å²) in [7, 11) is 1.64. The molecule has 0 amide bonds. The highest BCUT2D eigenvalue weighted by molar-refractivity contribution is 9.10. The fraction of sp³-hybridized carbons (Fsp3) is 0.308. The molecule has 2 aromatic rings. The molecule has 0 spiro atoms. The second kappa shape index (κ2) is 9.33. The van der Waals surface area contributed by atoms with Crippen LogP contribution in [0.4, 0.5) is 0 Å². The van der Waals surface area contributed by atoms with Crippen molar-refractivity contribution in [3.05, 3.63) is 86.7 Å². The maximum atomic E-state index is 13.5. The molecule has 166 valence electrons. The van der Waals surface area contributed by atoms with Crippen LogP contribution in [0.15, 0.2) is 75.5 Å². The molecular weight excluding hydrogens is 470 g/mol. The van der Waals surface area contributed by atoms with Crippen LogP contribution in [0.3, 0.4) is 0 Å². The van der Waals surface area contributed by atoms with Gasteiger partial charge in [-0.15, -0.1) is 0 Å². The summed E-state index contributed by atoms with van der Waals surface area (Å²) in [4.78, 5) is 26.5. The van der Waals surface area contributed by atoms with E-state index in [2.05, 4.69) is 21.2 Å². The van der Waals surface area contributed by atoms with E-state index in [4.69, 9.17) is 9.47 Å². The van der Waals surface area contributed by atoms with Crippen molar-refractivity contribution in [1.82, 2.24) is 5.32 Å². The van der Waals surface area contributed by atoms with E-state index < -0.39 is 5.92 Å². The predicted molar refractivity (Wildman–Crippen MR) is 126 cm³/mol. The maximum absolute atomic E-state index is 13.5. The average molecular weight is 496 g/mol. The van der Waals surface area contributed by atoms with Crippen LogP contribution in [0.25, 0.3) is 0 Å². The highest BCUT2D eigenvalue weighted by Crippen LogP contribution is 2.46. The van der Waals surface area contributed by atoms with Crippen molar-refractivity contribution in [3.8, 4) is 5.75 Å². The van der Waals surface area contributed by atoms with Crippen LogP contribution in [0.2, 0.25) is 0 Å². The Bertz CT molecular complexity index is 1120. The van der Waals surface area contributed by atoms with Gasteiger partial charge in [0.1, 0.15) is 5.75 Å². The zero-order chi connectivity index (χ0) is 22.8. The molecule has 1 N–H and O–H groups in total. The Hall–Kier alpha value is -2.86. The largest absolute Gasteiger partial charge is 0.497 e. The topological polar surface area (TPSA) is 64.6 Å². The van der Waals surface area contributed by atoms with Crippen LogP contribution >= 0.6 is 15.9 Å². The molecule has 1 aliphatic heterocycles. The molecule has 0 saturated carbocycles. The van der Waals surface area contributed by atoms with Crippen LogP contribution in [-0.2, 0) is 14.3 Å². The summed E-state index contributed by atoms with van der Waals surface area (Å²) in [6.45, 7) is 3.94. The van der Waals surface area contributed by atoms with Crippen molar-refractivity contribution < 1.29 is 19.1 Å². The summed E-state index contributed by atoms with van der Waals surface area (Å²) in [6.07, 6.45) is 1.10. The lowest BCUT2D eigenvalue weighted by Gasteiger charge is -2.36. The summed E-state index contributed by atoms with van der Waals surface area (Å²) in [6, 6.07) is 15.7. The molecular formula is C26H26BrNO4. The Kier molecular flexibility index (Phi) is 6.51. The minimum atomic E-state index is -0.452. The van der Waals surface area contributed by atoms with E-state index in [1.807, 2.05) is 55.5 Å². The van der Waals surface area contributed by atoms with Gasteiger partial charge in [-0.3, -0.25) is 4.79 Å². The number of hydrogen-bond acceptors (Lipinski definition) is 5. The van der Waals surface area contributed by atoms with Gasteiger partial charge in [-0.05, 0) is 61.6 Å². The molecule has 0 bridgehead atoms. The quantitative estimate of drug-likeness (QED) is 0.563. The molecule has 1 aliphatic carbocycles. The van der Waals surface area contributed by atoms with E-state index in [9.17, 15) is 9.59 Å². The first-order chi connectivity index (χ1) is 15.4. The van der Waals surface area contributed by atoms with E-state index >= 15 is 0 Å². The Balaban J connectivity index is 1.77. The highest BCUT2D eigenvalue weighted by Gasteiger charge is 2.41. The normalized spacial score (nSPS) is 20.6. The lowest BCUT2D eigenvalue weighted by molar-refractivity contribution is -0.138. The molecule has 2 atom stereocenters. The Morgan fingerprint density at radius 3 is 2.53 bits per heavy atom. The fourth-order valence-corrected chi connectivity index (χ4v) is 5.07. The van der Waals surface area contributed by atoms with Gasteiger partial charge in [-0.2, -0.15) is 0 Å². The number of Topliss-reactive ketones (excluding diaryl/α,β-unsaturated/α-hetero) is 1. The number of halogens is 1. The van der Waals surface area contributed by atoms with Crippen molar-refractivity contribution in [3.63, 3.8) is 0 Å².